The van der Waals surface area contributed by atoms with Crippen LogP contribution in [-0.2, 0) is 19.4 Å². The maximum Gasteiger partial charge on any atom is 0.0624 e. The van der Waals surface area contributed by atoms with Gasteiger partial charge >= 0.3 is 0 Å². The van der Waals surface area contributed by atoms with Crippen LogP contribution in [0.3, 0.4) is 0 Å². The van der Waals surface area contributed by atoms with E-state index in [0.717, 1.165) is 32.2 Å². The van der Waals surface area contributed by atoms with Crippen LogP contribution in [0, 0.1) is 0 Å². The lowest BCUT2D eigenvalue weighted by Gasteiger charge is -2.31. The van der Waals surface area contributed by atoms with Gasteiger partial charge < -0.3 is 10.4 Å². The molecular formula is C16H31N3O. The van der Waals surface area contributed by atoms with Crippen molar-refractivity contribution in [2.45, 2.75) is 78.4 Å². The first-order valence-electron chi connectivity index (χ1n) is 7.88. The van der Waals surface area contributed by atoms with Crippen LogP contribution in [0.15, 0.2) is 6.07 Å². The summed E-state index contributed by atoms with van der Waals surface area (Å²) in [6, 6.07) is 2.59. The van der Waals surface area contributed by atoms with Gasteiger partial charge in [-0.05, 0) is 38.7 Å². The maximum absolute atomic E-state index is 9.59. The van der Waals surface area contributed by atoms with Crippen molar-refractivity contribution in [3.05, 3.63) is 17.5 Å². The van der Waals surface area contributed by atoms with Crippen molar-refractivity contribution in [3.8, 4) is 0 Å². The van der Waals surface area contributed by atoms with Crippen molar-refractivity contribution in [3.63, 3.8) is 0 Å². The predicted molar refractivity (Wildman–Crippen MR) is 84.0 cm³/mol. The minimum atomic E-state index is -0.193. The van der Waals surface area contributed by atoms with Gasteiger partial charge in [0.25, 0.3) is 0 Å². The van der Waals surface area contributed by atoms with Gasteiger partial charge in [0, 0.05) is 23.8 Å². The van der Waals surface area contributed by atoms with Gasteiger partial charge in [-0.1, -0.05) is 27.7 Å². The molecule has 0 saturated carbocycles. The summed E-state index contributed by atoms with van der Waals surface area (Å²) in [4.78, 5) is 0. The Morgan fingerprint density at radius 1 is 1.35 bits per heavy atom. The topological polar surface area (TPSA) is 50.1 Å². The zero-order valence-corrected chi connectivity index (χ0v) is 13.7. The van der Waals surface area contributed by atoms with E-state index in [4.69, 9.17) is 0 Å². The van der Waals surface area contributed by atoms with E-state index in [1.807, 2.05) is 0 Å². The molecular weight excluding hydrogens is 250 g/mol. The molecule has 0 spiro atoms. The van der Waals surface area contributed by atoms with Crippen LogP contribution in [0.1, 0.15) is 58.8 Å². The molecule has 0 aliphatic rings. The first-order chi connectivity index (χ1) is 9.44. The average Bonchev–Trinajstić information content (AvgIpc) is 2.80. The second-order valence-electron chi connectivity index (χ2n) is 6.18. The highest BCUT2D eigenvalue weighted by molar-refractivity contribution is 5.10. The Bertz CT molecular complexity index is 400. The third kappa shape index (κ3) is 4.91. The third-order valence-corrected chi connectivity index (χ3v) is 3.72. The van der Waals surface area contributed by atoms with Crippen LogP contribution in [0.5, 0.6) is 0 Å². The molecule has 1 aromatic rings. The number of aliphatic hydroxyl groups excluding tert-OH is 1. The van der Waals surface area contributed by atoms with Crippen molar-refractivity contribution in [2.24, 2.45) is 0 Å². The highest BCUT2D eigenvalue weighted by Gasteiger charge is 2.23. The van der Waals surface area contributed by atoms with E-state index in [-0.39, 0.29) is 12.1 Å². The molecule has 2 N–H and O–H groups in total. The SMILES string of the molecule is CCc1cc(CC)n(CCCC(C)(CO)NC(C)C)n1. The second kappa shape index (κ2) is 7.79. The number of hydrogen-bond donors (Lipinski definition) is 2. The highest BCUT2D eigenvalue weighted by Crippen LogP contribution is 2.15. The molecule has 1 rings (SSSR count). The number of aliphatic hydroxyl groups is 1. The standard InChI is InChI=1S/C16H31N3O/c1-6-14-11-15(7-2)19(18-14)10-8-9-16(5,12-20)17-13(3)4/h11,13,17,20H,6-10,12H2,1-5H3. The van der Waals surface area contributed by atoms with Crippen LogP contribution in [-0.4, -0.2) is 33.1 Å². The van der Waals surface area contributed by atoms with E-state index in [9.17, 15) is 5.11 Å². The summed E-state index contributed by atoms with van der Waals surface area (Å²) in [7, 11) is 0. The van der Waals surface area contributed by atoms with Crippen LogP contribution in [0.25, 0.3) is 0 Å². The lowest BCUT2D eigenvalue weighted by Crippen LogP contribution is -2.49. The molecule has 0 fully saturated rings. The molecule has 0 radical (unpaired) electrons. The molecule has 0 amide bonds. The molecule has 1 atom stereocenters. The largest absolute Gasteiger partial charge is 0.394 e. The summed E-state index contributed by atoms with van der Waals surface area (Å²) in [5, 5.41) is 17.7. The summed E-state index contributed by atoms with van der Waals surface area (Å²) in [6.45, 7) is 11.7. The zero-order chi connectivity index (χ0) is 15.2. The number of aryl methyl sites for hydroxylation is 3. The van der Waals surface area contributed by atoms with Gasteiger partial charge in [-0.2, -0.15) is 5.10 Å². The Morgan fingerprint density at radius 2 is 2.05 bits per heavy atom. The Morgan fingerprint density at radius 3 is 2.55 bits per heavy atom. The van der Waals surface area contributed by atoms with Gasteiger partial charge in [0.05, 0.1) is 12.3 Å². The number of hydrogen-bond acceptors (Lipinski definition) is 3. The first kappa shape index (κ1) is 17.2. The summed E-state index contributed by atoms with van der Waals surface area (Å²) in [6.07, 6.45) is 3.98. The maximum atomic E-state index is 9.59. The molecule has 116 valence electrons. The second-order valence-corrected chi connectivity index (χ2v) is 6.18. The van der Waals surface area contributed by atoms with Gasteiger partial charge in [-0.3, -0.25) is 4.68 Å². The molecule has 4 nitrogen and oxygen atoms in total. The quantitative estimate of drug-likeness (QED) is 0.731. The summed E-state index contributed by atoms with van der Waals surface area (Å²) in [5.41, 5.74) is 2.29. The van der Waals surface area contributed by atoms with Gasteiger partial charge in [0.15, 0.2) is 0 Å². The predicted octanol–water partition coefficient (Wildman–Crippen LogP) is 2.54. The molecule has 0 aliphatic heterocycles. The van der Waals surface area contributed by atoms with Crippen molar-refractivity contribution >= 4 is 0 Å². The van der Waals surface area contributed by atoms with Crippen molar-refractivity contribution in [2.75, 3.05) is 6.61 Å². The minimum absolute atomic E-state index is 0.172. The molecule has 1 aromatic heterocycles. The Balaban J connectivity index is 2.56. The molecule has 20 heavy (non-hydrogen) atoms. The van der Waals surface area contributed by atoms with E-state index >= 15 is 0 Å². The average molecular weight is 281 g/mol. The number of nitrogens with one attached hydrogen (secondary N) is 1. The third-order valence-electron chi connectivity index (χ3n) is 3.72. The Kier molecular flexibility index (Phi) is 6.69. The molecule has 4 heteroatoms. The van der Waals surface area contributed by atoms with E-state index < -0.39 is 0 Å². The van der Waals surface area contributed by atoms with E-state index in [1.54, 1.807) is 0 Å². The van der Waals surface area contributed by atoms with Crippen LogP contribution in [0.4, 0.5) is 0 Å². The molecule has 0 aromatic carbocycles. The van der Waals surface area contributed by atoms with Crippen LogP contribution < -0.4 is 5.32 Å². The van der Waals surface area contributed by atoms with Gasteiger partial charge in [-0.25, -0.2) is 0 Å². The fourth-order valence-electron chi connectivity index (χ4n) is 2.68. The monoisotopic (exact) mass is 281 g/mol. The van der Waals surface area contributed by atoms with Gasteiger partial charge in [-0.15, -0.1) is 0 Å². The van der Waals surface area contributed by atoms with Crippen molar-refractivity contribution < 1.29 is 5.11 Å². The summed E-state index contributed by atoms with van der Waals surface area (Å²) in [5.74, 6) is 0. The molecule has 1 heterocycles. The van der Waals surface area contributed by atoms with Gasteiger partial charge in [0.1, 0.15) is 0 Å². The van der Waals surface area contributed by atoms with E-state index in [0.29, 0.717) is 6.04 Å². The molecule has 0 saturated heterocycles. The lowest BCUT2D eigenvalue weighted by molar-refractivity contribution is 0.153. The van der Waals surface area contributed by atoms with Crippen molar-refractivity contribution in [1.29, 1.82) is 0 Å². The zero-order valence-electron chi connectivity index (χ0n) is 13.7. The Hall–Kier alpha value is -0.870. The number of aromatic nitrogens is 2. The molecule has 1 unspecified atom stereocenters. The van der Waals surface area contributed by atoms with Gasteiger partial charge in [0.2, 0.25) is 0 Å². The summed E-state index contributed by atoms with van der Waals surface area (Å²) >= 11 is 0. The summed E-state index contributed by atoms with van der Waals surface area (Å²) < 4.78 is 2.13. The van der Waals surface area contributed by atoms with E-state index in [2.05, 4.69) is 55.8 Å². The van der Waals surface area contributed by atoms with Crippen LogP contribution in [0.2, 0.25) is 0 Å². The Labute approximate surface area is 123 Å². The fraction of sp³-hybridized carbons (Fsp3) is 0.812. The molecule has 0 aliphatic carbocycles. The first-order valence-corrected chi connectivity index (χ1v) is 7.88. The van der Waals surface area contributed by atoms with Crippen LogP contribution >= 0.6 is 0 Å². The fourth-order valence-corrected chi connectivity index (χ4v) is 2.68. The number of rotatable bonds is 9. The normalized spacial score (nSPS) is 14.8. The number of nitrogens with zero attached hydrogens (tertiary/aromatic N) is 2. The highest BCUT2D eigenvalue weighted by atomic mass is 16.3. The molecule has 0 bridgehead atoms. The smallest absolute Gasteiger partial charge is 0.0624 e. The lowest BCUT2D eigenvalue weighted by atomic mass is 9.96. The van der Waals surface area contributed by atoms with Crippen molar-refractivity contribution in [1.82, 2.24) is 15.1 Å². The van der Waals surface area contributed by atoms with E-state index in [1.165, 1.54) is 11.4 Å². The minimum Gasteiger partial charge on any atom is -0.394 e.